The van der Waals surface area contributed by atoms with Crippen molar-refractivity contribution in [1.82, 2.24) is 15.1 Å². The molecule has 2 amide bonds. The van der Waals surface area contributed by atoms with Crippen LogP contribution in [0.25, 0.3) is 0 Å². The largest absolute Gasteiger partial charge is 0.416 e. The third-order valence-corrected chi connectivity index (χ3v) is 9.70. The lowest BCUT2D eigenvalue weighted by Gasteiger charge is -2.45. The minimum atomic E-state index is -4.48. The van der Waals surface area contributed by atoms with Crippen LogP contribution in [0.3, 0.4) is 0 Å². The Bertz CT molecular complexity index is 1500. The summed E-state index contributed by atoms with van der Waals surface area (Å²) in [7, 11) is 3.85. The molecule has 2 heterocycles. The Morgan fingerprint density at radius 2 is 1.64 bits per heavy atom. The van der Waals surface area contributed by atoms with Crippen LogP contribution >= 0.6 is 24.0 Å². The van der Waals surface area contributed by atoms with Gasteiger partial charge in [-0.3, -0.25) is 9.59 Å². The molecule has 45 heavy (non-hydrogen) atoms. The number of alkyl halides is 3. The highest BCUT2D eigenvalue weighted by Gasteiger charge is 2.48. The number of nitrogens with one attached hydrogen (secondary N) is 2. The van der Waals surface area contributed by atoms with Gasteiger partial charge in [-0.05, 0) is 84.1 Å². The first-order valence-electron chi connectivity index (χ1n) is 14.7. The third kappa shape index (κ3) is 7.55. The van der Waals surface area contributed by atoms with Gasteiger partial charge in [-0.25, -0.2) is 0 Å². The minimum absolute atomic E-state index is 0.0230. The van der Waals surface area contributed by atoms with Crippen molar-refractivity contribution >= 4 is 52.3 Å². The van der Waals surface area contributed by atoms with Gasteiger partial charge in [0.1, 0.15) is 5.54 Å². The summed E-state index contributed by atoms with van der Waals surface area (Å²) in [4.78, 5) is 33.9. The first-order valence-corrected chi connectivity index (χ1v) is 16.3. The van der Waals surface area contributed by atoms with Gasteiger partial charge in [0.25, 0.3) is 0 Å². The highest BCUT2D eigenvalue weighted by atomic mass is 32.2. The number of anilines is 2. The van der Waals surface area contributed by atoms with Crippen LogP contribution in [-0.4, -0.2) is 71.0 Å². The molecule has 3 aromatic rings. The molecular formula is C33H36F3N5O2S2. The second-order valence-corrected chi connectivity index (χ2v) is 13.1. The zero-order valence-electron chi connectivity index (χ0n) is 25.1. The van der Waals surface area contributed by atoms with E-state index in [2.05, 4.69) is 10.6 Å². The lowest BCUT2D eigenvalue weighted by Crippen LogP contribution is -2.61. The Morgan fingerprint density at radius 1 is 1.00 bits per heavy atom. The number of rotatable bonds is 9. The number of thioether (sulfide) groups is 1. The van der Waals surface area contributed by atoms with Crippen LogP contribution in [0.5, 0.6) is 0 Å². The van der Waals surface area contributed by atoms with Crippen LogP contribution in [0.4, 0.5) is 24.5 Å². The van der Waals surface area contributed by atoms with Crippen LogP contribution in [0.15, 0.2) is 78.9 Å². The van der Waals surface area contributed by atoms with Crippen molar-refractivity contribution in [2.24, 2.45) is 0 Å². The van der Waals surface area contributed by atoms with Crippen molar-refractivity contribution in [1.29, 1.82) is 0 Å². The maximum absolute atomic E-state index is 14.3. The molecule has 0 unspecified atom stereocenters. The van der Waals surface area contributed by atoms with Gasteiger partial charge < -0.3 is 25.3 Å². The molecule has 0 spiro atoms. The molecule has 12 heteroatoms. The maximum atomic E-state index is 14.3. The van der Waals surface area contributed by atoms with Crippen LogP contribution < -0.4 is 15.5 Å². The Balaban J connectivity index is 1.44. The number of halogens is 3. The summed E-state index contributed by atoms with van der Waals surface area (Å²) in [6.07, 6.45) is -3.67. The van der Waals surface area contributed by atoms with Gasteiger partial charge in [0.05, 0.1) is 18.2 Å². The fourth-order valence-electron chi connectivity index (χ4n) is 5.73. The van der Waals surface area contributed by atoms with Crippen molar-refractivity contribution in [3.05, 3.63) is 95.6 Å². The second-order valence-electron chi connectivity index (χ2n) is 11.5. The molecule has 3 aromatic carbocycles. The highest BCUT2D eigenvalue weighted by molar-refractivity contribution is 7.99. The highest BCUT2D eigenvalue weighted by Crippen LogP contribution is 2.37. The first kappa shape index (κ1) is 32.6. The van der Waals surface area contributed by atoms with Gasteiger partial charge in [-0.15, -0.1) is 0 Å². The summed E-state index contributed by atoms with van der Waals surface area (Å²) in [6.45, 7) is 0.371. The van der Waals surface area contributed by atoms with E-state index >= 15 is 0 Å². The smallest absolute Gasteiger partial charge is 0.378 e. The zero-order valence-corrected chi connectivity index (χ0v) is 26.8. The minimum Gasteiger partial charge on any atom is -0.378 e. The van der Waals surface area contributed by atoms with E-state index in [-0.39, 0.29) is 30.9 Å². The fourth-order valence-corrected chi connectivity index (χ4v) is 7.18. The number of carbonyl (C=O) groups excluding carboxylic acids is 2. The van der Waals surface area contributed by atoms with Crippen molar-refractivity contribution < 1.29 is 22.8 Å². The molecule has 2 aliphatic heterocycles. The molecule has 0 aromatic heterocycles. The molecule has 0 aliphatic carbocycles. The number of nitrogens with zero attached hydrogens (tertiary/aromatic N) is 3. The maximum Gasteiger partial charge on any atom is 0.416 e. The van der Waals surface area contributed by atoms with Gasteiger partial charge in [-0.2, -0.15) is 24.9 Å². The zero-order chi connectivity index (χ0) is 32.2. The topological polar surface area (TPSA) is 67.9 Å². The van der Waals surface area contributed by atoms with E-state index in [1.807, 2.05) is 73.6 Å². The molecule has 2 N–H and O–H groups in total. The van der Waals surface area contributed by atoms with Gasteiger partial charge in [0, 0.05) is 38.6 Å². The van der Waals surface area contributed by atoms with Gasteiger partial charge >= 0.3 is 6.18 Å². The predicted molar refractivity (Wildman–Crippen MR) is 177 cm³/mol. The van der Waals surface area contributed by atoms with E-state index < -0.39 is 17.3 Å². The van der Waals surface area contributed by atoms with Crippen LogP contribution in [0.1, 0.15) is 35.6 Å². The molecule has 0 bridgehead atoms. The van der Waals surface area contributed by atoms with E-state index in [4.69, 9.17) is 12.2 Å². The summed E-state index contributed by atoms with van der Waals surface area (Å²) in [5, 5.41) is 6.76. The monoisotopic (exact) mass is 655 g/mol. The first-order chi connectivity index (χ1) is 21.5. The number of amides is 2. The summed E-state index contributed by atoms with van der Waals surface area (Å²) >= 11 is 7.31. The average Bonchev–Trinajstić information content (AvgIpc) is 3.40. The van der Waals surface area contributed by atoms with Gasteiger partial charge in [0.15, 0.2) is 5.11 Å². The van der Waals surface area contributed by atoms with E-state index in [1.165, 1.54) is 12.1 Å². The lowest BCUT2D eigenvalue weighted by atomic mass is 9.87. The molecule has 5 rings (SSSR count). The van der Waals surface area contributed by atoms with Crippen molar-refractivity contribution in [3.8, 4) is 0 Å². The summed E-state index contributed by atoms with van der Waals surface area (Å²) < 4.78 is 39.9. The molecule has 1 atom stereocenters. The summed E-state index contributed by atoms with van der Waals surface area (Å²) in [5.41, 5.74) is 1.13. The Labute approximate surface area is 271 Å². The SMILES string of the molecule is CN(C)c1ccc(NC(=O)C2(N(Cc3ccc(C(F)(F)F)cc3)C(=O)CN3C[C@@H](c4ccccc4)NC3=S)CCSCC2)cc1. The third-order valence-electron chi connectivity index (χ3n) is 8.34. The Kier molecular flexibility index (Phi) is 9.93. The molecule has 238 valence electrons. The molecular weight excluding hydrogens is 620 g/mol. The quantitative estimate of drug-likeness (QED) is 0.277. The normalized spacial score (nSPS) is 17.8. The number of benzene rings is 3. The van der Waals surface area contributed by atoms with Crippen molar-refractivity contribution in [3.63, 3.8) is 0 Å². The summed E-state index contributed by atoms with van der Waals surface area (Å²) in [6, 6.07) is 21.9. The predicted octanol–water partition coefficient (Wildman–Crippen LogP) is 5.94. The second kappa shape index (κ2) is 13.7. The molecule has 2 saturated heterocycles. The van der Waals surface area contributed by atoms with E-state index in [9.17, 15) is 22.8 Å². The van der Waals surface area contributed by atoms with Gasteiger partial charge in [-0.1, -0.05) is 42.5 Å². The van der Waals surface area contributed by atoms with Crippen LogP contribution in [-0.2, 0) is 22.3 Å². The van der Waals surface area contributed by atoms with Crippen molar-refractivity contribution in [2.45, 2.75) is 37.1 Å². The number of hydrogen-bond donors (Lipinski definition) is 2. The van der Waals surface area contributed by atoms with Crippen LogP contribution in [0.2, 0.25) is 0 Å². The fraction of sp³-hybridized carbons (Fsp3) is 0.364. The Hall–Kier alpha value is -3.77. The molecule has 7 nitrogen and oxygen atoms in total. The van der Waals surface area contributed by atoms with E-state index in [1.54, 1.807) is 21.6 Å². The molecule has 2 aliphatic rings. The van der Waals surface area contributed by atoms with E-state index in [0.717, 1.165) is 23.4 Å². The summed E-state index contributed by atoms with van der Waals surface area (Å²) in [5.74, 6) is 0.676. The standard InChI is InChI=1S/C33H36F3N5O2S2/c1-39(2)27-14-12-26(13-15-27)37-30(43)32(16-18-45-19-17-32)41(20-23-8-10-25(11-9-23)33(34,35)36)29(42)22-40-21-28(38-31(40)44)24-6-4-3-5-7-24/h3-15,28H,16-22H2,1-2H3,(H,37,43)(H,38,44)/t28-/m0/s1. The average molecular weight is 656 g/mol. The number of hydrogen-bond acceptors (Lipinski definition) is 5. The van der Waals surface area contributed by atoms with Crippen molar-refractivity contribution in [2.75, 3.05) is 48.9 Å². The molecule has 0 saturated carbocycles. The number of carbonyl (C=O) groups is 2. The molecule has 0 radical (unpaired) electrons. The van der Waals surface area contributed by atoms with Crippen LogP contribution in [0, 0.1) is 0 Å². The number of thiocarbonyl (C=S) groups is 1. The molecule has 2 fully saturated rings. The van der Waals surface area contributed by atoms with E-state index in [0.29, 0.717) is 47.3 Å². The Morgan fingerprint density at radius 3 is 2.24 bits per heavy atom. The lowest BCUT2D eigenvalue weighted by molar-refractivity contribution is -0.147. The van der Waals surface area contributed by atoms with Gasteiger partial charge in [0.2, 0.25) is 11.8 Å².